The Morgan fingerprint density at radius 3 is 1.31 bits per heavy atom. The summed E-state index contributed by atoms with van der Waals surface area (Å²) < 4.78 is 24.6. The quantitative estimate of drug-likeness (QED) is 0.109. The van der Waals surface area contributed by atoms with Gasteiger partial charge in [0, 0.05) is 37.4 Å². The molecule has 0 aliphatic carbocycles. The number of hydrogen-bond donors (Lipinski definition) is 4. The minimum atomic E-state index is -0.459. The van der Waals surface area contributed by atoms with Crippen LogP contribution in [0.15, 0.2) is 94.9 Å². The van der Waals surface area contributed by atoms with E-state index in [1.165, 1.54) is 26.0 Å². The number of hydrogen-bond acceptors (Lipinski definition) is 10. The molecule has 0 unspecified atom stereocenters. The van der Waals surface area contributed by atoms with E-state index in [-0.39, 0.29) is 92.3 Å². The molecule has 14 heteroatoms. The van der Waals surface area contributed by atoms with Gasteiger partial charge in [0.2, 0.25) is 11.8 Å². The van der Waals surface area contributed by atoms with E-state index >= 15 is 0 Å². The largest absolute Gasteiger partial charge is 0.493 e. The molecule has 4 amide bonds. The second-order valence-electron chi connectivity index (χ2n) is 12.0. The summed E-state index contributed by atoms with van der Waals surface area (Å²) >= 11 is 0. The minimum absolute atomic E-state index is 0.0402. The summed E-state index contributed by atoms with van der Waals surface area (Å²) in [5, 5.41) is 11.5. The van der Waals surface area contributed by atoms with Crippen LogP contribution in [-0.4, -0.2) is 36.8 Å². The van der Waals surface area contributed by atoms with Crippen molar-refractivity contribution in [2.75, 3.05) is 34.5 Å². The second kappa shape index (κ2) is 14.8. The highest BCUT2D eigenvalue weighted by molar-refractivity contribution is 6.08. The van der Waals surface area contributed by atoms with Crippen LogP contribution in [0, 0.1) is 0 Å². The Morgan fingerprint density at radius 1 is 0.574 bits per heavy atom. The van der Waals surface area contributed by atoms with Crippen LogP contribution in [0.2, 0.25) is 0 Å². The first kappa shape index (κ1) is 35.2. The summed E-state index contributed by atoms with van der Waals surface area (Å²) in [6.45, 7) is 6.72. The van der Waals surface area contributed by atoms with Crippen molar-refractivity contribution in [3.8, 4) is 34.5 Å². The molecule has 54 heavy (non-hydrogen) atoms. The van der Waals surface area contributed by atoms with Gasteiger partial charge in [-0.3, -0.25) is 19.2 Å². The van der Waals surface area contributed by atoms with E-state index in [1.54, 1.807) is 74.5 Å². The molecule has 14 nitrogen and oxygen atoms in total. The number of carbonyl (C=O) groups is 4. The van der Waals surface area contributed by atoms with Gasteiger partial charge >= 0.3 is 0 Å². The predicted octanol–water partition coefficient (Wildman–Crippen LogP) is 7.02. The van der Waals surface area contributed by atoms with Crippen LogP contribution < -0.4 is 50.9 Å². The molecule has 0 bridgehead atoms. The van der Waals surface area contributed by atoms with E-state index in [9.17, 15) is 19.2 Å². The highest BCUT2D eigenvalue weighted by Crippen LogP contribution is 2.46. The van der Waals surface area contributed by atoms with Crippen LogP contribution >= 0.6 is 0 Å². The highest BCUT2D eigenvalue weighted by atomic mass is 16.5. The third-order valence-corrected chi connectivity index (χ3v) is 8.12. The first-order chi connectivity index (χ1) is 26.1. The molecular formula is C40H34N6O8. The zero-order valence-corrected chi connectivity index (χ0v) is 29.7. The number of rotatable bonds is 10. The molecule has 4 N–H and O–H groups in total. The lowest BCUT2D eigenvalue weighted by molar-refractivity contribution is -0.115. The monoisotopic (exact) mass is 726 g/mol. The van der Waals surface area contributed by atoms with Gasteiger partial charge in [-0.1, -0.05) is 36.4 Å². The molecule has 0 radical (unpaired) electrons. The molecule has 2 heterocycles. The van der Waals surface area contributed by atoms with E-state index in [1.807, 2.05) is 12.1 Å². The zero-order chi connectivity index (χ0) is 37.9. The standard InChI is InChI=1S/C40H34N6O8/c1-5-51-29-19-27-31(17-25(29)39(49)43-23-13-9-7-10-14-23)53-37-34(42-22(4)48)36-38(33(35(37)45-27)41-21(3)47)54-32-18-26(30(52-6-2)20-28(32)46-36)40(50)44-24-15-11-8-12-16-24/h7-20H,5-6H2,1-4H3,(H,41,47)(H,42,48)(H,43,49)(H,44,50). The molecule has 0 saturated heterocycles. The summed E-state index contributed by atoms with van der Waals surface area (Å²) in [7, 11) is 0. The first-order valence-electron chi connectivity index (χ1n) is 17.1. The molecule has 5 aromatic rings. The van der Waals surface area contributed by atoms with Crippen LogP contribution in [0.4, 0.5) is 34.1 Å². The fourth-order valence-corrected chi connectivity index (χ4v) is 5.92. The SMILES string of the molecule is CCOc1cc2c(cc1C(=O)Nc1ccccc1)Oc1c(NC(C)=O)c3c(c(NC(C)=O)c1=N2)Oc1cc(C(=O)Nc2ccccc2)c(OCC)cc1N=3. The number of nitrogens with one attached hydrogen (secondary N) is 4. The number of fused-ring (bicyclic) bond motifs is 4. The summed E-state index contributed by atoms with van der Waals surface area (Å²) in [6.07, 6.45) is 0. The molecule has 0 aromatic heterocycles. The number of carbonyl (C=O) groups excluding carboxylic acids is 4. The maximum atomic E-state index is 13.5. The Balaban J connectivity index is 1.40. The lowest BCUT2D eigenvalue weighted by Gasteiger charge is -2.25. The third-order valence-electron chi connectivity index (χ3n) is 8.12. The number of ether oxygens (including phenoxy) is 4. The van der Waals surface area contributed by atoms with Gasteiger partial charge in [0.05, 0.1) is 24.3 Å². The summed E-state index contributed by atoms with van der Waals surface area (Å²) in [4.78, 5) is 62.1. The molecule has 7 rings (SSSR count). The molecule has 2 aliphatic rings. The van der Waals surface area contributed by atoms with Crippen LogP contribution in [-0.2, 0) is 9.59 Å². The number of para-hydroxylation sites is 2. The smallest absolute Gasteiger partial charge is 0.259 e. The van der Waals surface area contributed by atoms with E-state index in [0.29, 0.717) is 11.4 Å². The van der Waals surface area contributed by atoms with Crippen molar-refractivity contribution in [2.24, 2.45) is 9.98 Å². The summed E-state index contributed by atoms with van der Waals surface area (Å²) in [5.41, 5.74) is 2.25. The van der Waals surface area contributed by atoms with Crippen molar-refractivity contribution in [1.82, 2.24) is 0 Å². The highest BCUT2D eigenvalue weighted by Gasteiger charge is 2.32. The second-order valence-corrected chi connectivity index (χ2v) is 12.0. The molecule has 272 valence electrons. The maximum absolute atomic E-state index is 13.5. The van der Waals surface area contributed by atoms with Gasteiger partial charge in [0.15, 0.2) is 23.0 Å². The van der Waals surface area contributed by atoms with Crippen molar-refractivity contribution in [3.63, 3.8) is 0 Å². The summed E-state index contributed by atoms with van der Waals surface area (Å²) in [5.74, 6) is -0.897. The molecule has 0 saturated carbocycles. The van der Waals surface area contributed by atoms with E-state index < -0.39 is 23.6 Å². The molecule has 0 fully saturated rings. The topological polar surface area (TPSA) is 178 Å². The minimum Gasteiger partial charge on any atom is -0.493 e. The van der Waals surface area contributed by atoms with Crippen LogP contribution in [0.1, 0.15) is 48.4 Å². The fraction of sp³-hybridized carbons (Fsp3) is 0.150. The fourth-order valence-electron chi connectivity index (χ4n) is 5.92. The average molecular weight is 727 g/mol. The van der Waals surface area contributed by atoms with Gasteiger partial charge in [-0.15, -0.1) is 0 Å². The van der Waals surface area contributed by atoms with Crippen molar-refractivity contribution >= 4 is 57.8 Å². The van der Waals surface area contributed by atoms with Crippen LogP contribution in [0.25, 0.3) is 0 Å². The number of anilines is 4. The molecule has 0 atom stereocenters. The van der Waals surface area contributed by atoms with Crippen molar-refractivity contribution < 1.29 is 38.1 Å². The van der Waals surface area contributed by atoms with E-state index in [0.717, 1.165) is 0 Å². The Morgan fingerprint density at radius 2 is 0.963 bits per heavy atom. The van der Waals surface area contributed by atoms with Gasteiger partial charge in [-0.25, -0.2) is 9.98 Å². The molecular weight excluding hydrogens is 692 g/mol. The predicted molar refractivity (Wildman–Crippen MR) is 201 cm³/mol. The van der Waals surface area contributed by atoms with Crippen LogP contribution in [0.3, 0.4) is 0 Å². The van der Waals surface area contributed by atoms with Crippen LogP contribution in [0.5, 0.6) is 34.5 Å². The summed E-state index contributed by atoms with van der Waals surface area (Å²) in [6, 6.07) is 24.0. The van der Waals surface area contributed by atoms with Gasteiger partial charge in [0.25, 0.3) is 11.8 Å². The third kappa shape index (κ3) is 6.99. The Bertz CT molecular complexity index is 2300. The van der Waals surface area contributed by atoms with Crippen molar-refractivity contribution in [2.45, 2.75) is 27.7 Å². The Labute approximate surface area is 308 Å². The van der Waals surface area contributed by atoms with Gasteiger partial charge in [-0.2, -0.15) is 0 Å². The number of benzene rings is 5. The molecule has 5 aromatic carbocycles. The van der Waals surface area contributed by atoms with Gasteiger partial charge < -0.3 is 40.2 Å². The lowest BCUT2D eigenvalue weighted by Crippen LogP contribution is -2.29. The van der Waals surface area contributed by atoms with Gasteiger partial charge in [0.1, 0.15) is 45.0 Å². The Hall–Kier alpha value is -7.22. The maximum Gasteiger partial charge on any atom is 0.259 e. The van der Waals surface area contributed by atoms with E-state index in [2.05, 4.69) is 21.3 Å². The molecule has 0 spiro atoms. The Kier molecular flexibility index (Phi) is 9.64. The molecule has 2 aliphatic heterocycles. The number of amides is 4. The normalized spacial score (nSPS) is 11.6. The lowest BCUT2D eigenvalue weighted by atomic mass is 10.1. The number of nitrogens with zero attached hydrogens (tertiary/aromatic N) is 2. The van der Waals surface area contributed by atoms with E-state index in [4.69, 9.17) is 28.9 Å². The average Bonchev–Trinajstić information content (AvgIpc) is 3.15. The van der Waals surface area contributed by atoms with Crippen molar-refractivity contribution in [1.29, 1.82) is 0 Å². The van der Waals surface area contributed by atoms with Gasteiger partial charge in [-0.05, 0) is 50.2 Å². The zero-order valence-electron chi connectivity index (χ0n) is 29.7. The first-order valence-corrected chi connectivity index (χ1v) is 17.1. The van der Waals surface area contributed by atoms with Crippen molar-refractivity contribution in [3.05, 3.63) is 107 Å².